The quantitative estimate of drug-likeness (QED) is 0.669. The molecule has 0 bridgehead atoms. The highest BCUT2D eigenvalue weighted by Crippen LogP contribution is 1.89. The van der Waals surface area contributed by atoms with Crippen LogP contribution in [0.2, 0.25) is 0 Å². The number of nitrogens with one attached hydrogen (secondary N) is 1. The Hall–Kier alpha value is -0.880. The third kappa shape index (κ3) is 6.58. The number of aromatic nitrogens is 2. The van der Waals surface area contributed by atoms with E-state index in [1.165, 1.54) is 6.26 Å². The molecule has 0 spiro atoms. The zero-order chi connectivity index (χ0) is 11.9. The summed E-state index contributed by atoms with van der Waals surface area (Å²) in [5, 5.41) is 7.31. The van der Waals surface area contributed by atoms with E-state index in [0.29, 0.717) is 6.42 Å². The number of nitrogens with zero attached hydrogens (tertiary/aromatic N) is 2. The summed E-state index contributed by atoms with van der Waals surface area (Å²) in [6.45, 7) is 2.54. The van der Waals surface area contributed by atoms with Gasteiger partial charge in [-0.15, -0.1) is 0 Å². The summed E-state index contributed by atoms with van der Waals surface area (Å²) in [6, 6.07) is 1.90. The molecule has 1 aromatic heterocycles. The number of rotatable bonds is 8. The van der Waals surface area contributed by atoms with Crippen LogP contribution < -0.4 is 5.32 Å². The van der Waals surface area contributed by atoms with Gasteiger partial charge in [-0.2, -0.15) is 5.10 Å². The number of hydrogen-bond donors (Lipinski definition) is 1. The summed E-state index contributed by atoms with van der Waals surface area (Å²) in [5.74, 6) is 0.263. The molecule has 0 unspecified atom stereocenters. The summed E-state index contributed by atoms with van der Waals surface area (Å²) in [7, 11) is -2.81. The summed E-state index contributed by atoms with van der Waals surface area (Å²) in [5.41, 5.74) is 0. The van der Waals surface area contributed by atoms with E-state index in [0.717, 1.165) is 26.1 Å². The molecule has 0 aliphatic heterocycles. The van der Waals surface area contributed by atoms with Crippen LogP contribution in [0.15, 0.2) is 18.5 Å². The Morgan fingerprint density at radius 1 is 1.31 bits per heavy atom. The lowest BCUT2D eigenvalue weighted by Gasteiger charge is -2.04. The van der Waals surface area contributed by atoms with Crippen LogP contribution in [-0.2, 0) is 16.4 Å². The molecule has 0 saturated carbocycles. The third-order valence-corrected chi connectivity index (χ3v) is 3.20. The molecule has 0 aliphatic carbocycles. The molecule has 0 aliphatic rings. The summed E-state index contributed by atoms with van der Waals surface area (Å²) in [4.78, 5) is 0. The average Bonchev–Trinajstić information content (AvgIpc) is 2.67. The minimum Gasteiger partial charge on any atom is -0.317 e. The van der Waals surface area contributed by atoms with E-state index >= 15 is 0 Å². The first-order valence-corrected chi connectivity index (χ1v) is 7.50. The Morgan fingerprint density at radius 2 is 2.06 bits per heavy atom. The topological polar surface area (TPSA) is 64.0 Å². The lowest BCUT2D eigenvalue weighted by atomic mass is 10.4. The van der Waals surface area contributed by atoms with Gasteiger partial charge in [0.25, 0.3) is 0 Å². The molecule has 1 N–H and O–H groups in total. The fourth-order valence-corrected chi connectivity index (χ4v) is 2.05. The van der Waals surface area contributed by atoms with E-state index in [-0.39, 0.29) is 5.75 Å². The van der Waals surface area contributed by atoms with Gasteiger partial charge in [-0.05, 0) is 32.0 Å². The molecular weight excluding hydrogens is 226 g/mol. The summed E-state index contributed by atoms with van der Waals surface area (Å²) in [6.07, 6.45) is 6.65. The highest BCUT2D eigenvalue weighted by Gasteiger charge is 2.00. The molecule has 0 radical (unpaired) electrons. The maximum Gasteiger partial charge on any atom is 0.147 e. The molecule has 16 heavy (non-hydrogen) atoms. The molecule has 0 amide bonds. The van der Waals surface area contributed by atoms with Crippen LogP contribution in [0, 0.1) is 0 Å². The highest BCUT2D eigenvalue weighted by molar-refractivity contribution is 7.90. The summed E-state index contributed by atoms with van der Waals surface area (Å²) < 4.78 is 23.6. The zero-order valence-electron chi connectivity index (χ0n) is 9.59. The largest absolute Gasteiger partial charge is 0.317 e. The second-order valence-corrected chi connectivity index (χ2v) is 6.12. The Bertz CT molecular complexity index is 373. The van der Waals surface area contributed by atoms with Crippen LogP contribution in [-0.4, -0.2) is 43.3 Å². The second kappa shape index (κ2) is 6.65. The van der Waals surface area contributed by atoms with Gasteiger partial charge >= 0.3 is 0 Å². The Kier molecular flexibility index (Phi) is 5.48. The molecular formula is C10H19N3O2S. The van der Waals surface area contributed by atoms with Crippen molar-refractivity contribution in [2.24, 2.45) is 0 Å². The van der Waals surface area contributed by atoms with Crippen molar-refractivity contribution >= 4 is 9.84 Å². The van der Waals surface area contributed by atoms with E-state index in [9.17, 15) is 8.42 Å². The first-order chi connectivity index (χ1) is 7.58. The van der Waals surface area contributed by atoms with Crippen molar-refractivity contribution in [3.05, 3.63) is 18.5 Å². The first kappa shape index (κ1) is 13.2. The van der Waals surface area contributed by atoms with Crippen LogP contribution >= 0.6 is 0 Å². The van der Waals surface area contributed by atoms with Gasteiger partial charge in [-0.3, -0.25) is 4.68 Å². The molecule has 0 atom stereocenters. The standard InChI is InChI=1S/C10H19N3O2S/c1-16(14,15)10-4-6-11-5-2-8-13-9-3-7-12-13/h3,7,9,11H,2,4-6,8,10H2,1H3. The van der Waals surface area contributed by atoms with Gasteiger partial charge in [0.05, 0.1) is 5.75 Å². The fourth-order valence-electron chi connectivity index (χ4n) is 1.38. The predicted octanol–water partition coefficient (Wildman–Crippen LogP) is 0.298. The van der Waals surface area contributed by atoms with Crippen molar-refractivity contribution < 1.29 is 8.42 Å². The van der Waals surface area contributed by atoms with Gasteiger partial charge < -0.3 is 5.32 Å². The maximum absolute atomic E-state index is 10.8. The maximum atomic E-state index is 10.8. The predicted molar refractivity (Wildman–Crippen MR) is 64.0 cm³/mol. The second-order valence-electron chi connectivity index (χ2n) is 3.86. The van der Waals surface area contributed by atoms with Crippen molar-refractivity contribution in [3.8, 4) is 0 Å². The molecule has 1 aromatic rings. The van der Waals surface area contributed by atoms with E-state index in [1.807, 2.05) is 16.9 Å². The van der Waals surface area contributed by atoms with Crippen molar-refractivity contribution in [1.82, 2.24) is 15.1 Å². The number of hydrogen-bond acceptors (Lipinski definition) is 4. The minimum atomic E-state index is -2.81. The molecule has 92 valence electrons. The van der Waals surface area contributed by atoms with Crippen molar-refractivity contribution in [3.63, 3.8) is 0 Å². The molecule has 1 rings (SSSR count). The first-order valence-electron chi connectivity index (χ1n) is 5.44. The molecule has 0 aromatic carbocycles. The van der Waals surface area contributed by atoms with Gasteiger partial charge in [0, 0.05) is 25.2 Å². The van der Waals surface area contributed by atoms with E-state index in [4.69, 9.17) is 0 Å². The third-order valence-electron chi connectivity index (χ3n) is 2.17. The van der Waals surface area contributed by atoms with E-state index in [2.05, 4.69) is 10.4 Å². The molecule has 5 nitrogen and oxygen atoms in total. The van der Waals surface area contributed by atoms with Crippen LogP contribution in [0.25, 0.3) is 0 Å². The van der Waals surface area contributed by atoms with Crippen molar-refractivity contribution in [2.75, 3.05) is 25.1 Å². The Morgan fingerprint density at radius 3 is 2.69 bits per heavy atom. The van der Waals surface area contributed by atoms with Crippen molar-refractivity contribution in [2.45, 2.75) is 19.4 Å². The normalized spacial score (nSPS) is 11.8. The molecule has 1 heterocycles. The Balaban J connectivity index is 1.93. The lowest BCUT2D eigenvalue weighted by molar-refractivity contribution is 0.541. The molecule has 6 heteroatoms. The Labute approximate surface area is 96.8 Å². The van der Waals surface area contributed by atoms with Gasteiger partial charge in [0.2, 0.25) is 0 Å². The fraction of sp³-hybridized carbons (Fsp3) is 0.700. The average molecular weight is 245 g/mol. The smallest absolute Gasteiger partial charge is 0.147 e. The van der Waals surface area contributed by atoms with Gasteiger partial charge in [0.1, 0.15) is 9.84 Å². The number of aryl methyl sites for hydroxylation is 1. The monoisotopic (exact) mass is 245 g/mol. The lowest BCUT2D eigenvalue weighted by Crippen LogP contribution is -2.20. The van der Waals surface area contributed by atoms with Crippen LogP contribution in [0.5, 0.6) is 0 Å². The van der Waals surface area contributed by atoms with Gasteiger partial charge in [-0.25, -0.2) is 8.42 Å². The van der Waals surface area contributed by atoms with Gasteiger partial charge in [0.15, 0.2) is 0 Å². The highest BCUT2D eigenvalue weighted by atomic mass is 32.2. The van der Waals surface area contributed by atoms with E-state index in [1.54, 1.807) is 6.20 Å². The van der Waals surface area contributed by atoms with Crippen LogP contribution in [0.4, 0.5) is 0 Å². The number of sulfone groups is 1. The SMILES string of the molecule is CS(=O)(=O)CCCNCCCn1cccn1. The van der Waals surface area contributed by atoms with E-state index < -0.39 is 9.84 Å². The molecule has 0 saturated heterocycles. The molecule has 0 fully saturated rings. The van der Waals surface area contributed by atoms with Crippen LogP contribution in [0.1, 0.15) is 12.8 Å². The van der Waals surface area contributed by atoms with Gasteiger partial charge in [-0.1, -0.05) is 0 Å². The summed E-state index contributed by atoms with van der Waals surface area (Å²) >= 11 is 0. The zero-order valence-corrected chi connectivity index (χ0v) is 10.4. The minimum absolute atomic E-state index is 0.263. The van der Waals surface area contributed by atoms with Crippen molar-refractivity contribution in [1.29, 1.82) is 0 Å². The van der Waals surface area contributed by atoms with Crippen LogP contribution in [0.3, 0.4) is 0 Å².